The molecule has 3 aromatic rings. The molecule has 1 amide bonds. The molecule has 0 saturated heterocycles. The molecule has 0 unspecified atom stereocenters. The van der Waals surface area contributed by atoms with Crippen molar-refractivity contribution in [2.45, 2.75) is 25.7 Å². The highest BCUT2D eigenvalue weighted by Crippen LogP contribution is 2.20. The molecule has 3 rings (SSSR count). The molecule has 2 N–H and O–H groups in total. The SMILES string of the molecule is CCOC(=O)c1ccc(NC(=O)c2ccc(NS(=O)(=O)c3ccc(C)cc3)cc2)c(C)c1. The zero-order chi connectivity index (χ0) is 23.3. The molecule has 0 aromatic heterocycles. The van der Waals surface area contributed by atoms with Crippen LogP contribution in [0.15, 0.2) is 71.6 Å². The maximum atomic E-state index is 12.6. The van der Waals surface area contributed by atoms with Gasteiger partial charge in [-0.1, -0.05) is 17.7 Å². The molecule has 0 aliphatic rings. The van der Waals surface area contributed by atoms with Gasteiger partial charge in [0.2, 0.25) is 0 Å². The standard InChI is InChI=1S/C24H24N2O5S/c1-4-31-24(28)19-9-14-22(17(3)15-19)25-23(27)18-7-10-20(11-8-18)26-32(29,30)21-12-5-16(2)6-13-21/h5-15,26H,4H2,1-3H3,(H,25,27). The van der Waals surface area contributed by atoms with Crippen molar-refractivity contribution < 1.29 is 22.7 Å². The fourth-order valence-electron chi connectivity index (χ4n) is 2.96. The van der Waals surface area contributed by atoms with Crippen molar-refractivity contribution in [3.8, 4) is 0 Å². The average molecular weight is 453 g/mol. The van der Waals surface area contributed by atoms with Crippen LogP contribution < -0.4 is 10.0 Å². The van der Waals surface area contributed by atoms with E-state index in [1.165, 1.54) is 36.4 Å². The maximum Gasteiger partial charge on any atom is 0.338 e. The fraction of sp³-hybridized carbons (Fsp3) is 0.167. The number of benzene rings is 3. The summed E-state index contributed by atoms with van der Waals surface area (Å²) >= 11 is 0. The molecular weight excluding hydrogens is 428 g/mol. The summed E-state index contributed by atoms with van der Waals surface area (Å²) < 4.78 is 32.5. The number of anilines is 2. The van der Waals surface area contributed by atoms with Crippen molar-refractivity contribution in [3.05, 3.63) is 89.0 Å². The normalized spacial score (nSPS) is 11.0. The first-order valence-corrected chi connectivity index (χ1v) is 11.5. The van der Waals surface area contributed by atoms with Gasteiger partial charge in [-0.15, -0.1) is 0 Å². The van der Waals surface area contributed by atoms with Gasteiger partial charge in [-0.05, 0) is 80.9 Å². The van der Waals surface area contributed by atoms with Gasteiger partial charge in [0, 0.05) is 16.9 Å². The Labute approximate surface area is 187 Å². The summed E-state index contributed by atoms with van der Waals surface area (Å²) in [6.07, 6.45) is 0. The Hall–Kier alpha value is -3.65. The Morgan fingerprint density at radius 1 is 0.875 bits per heavy atom. The van der Waals surface area contributed by atoms with Crippen molar-refractivity contribution in [3.63, 3.8) is 0 Å². The number of hydrogen-bond donors (Lipinski definition) is 2. The second-order valence-electron chi connectivity index (χ2n) is 7.20. The van der Waals surface area contributed by atoms with Crippen molar-refractivity contribution >= 4 is 33.3 Å². The number of rotatable bonds is 7. The van der Waals surface area contributed by atoms with E-state index in [9.17, 15) is 18.0 Å². The third kappa shape index (κ3) is 5.53. The quantitative estimate of drug-likeness (QED) is 0.513. The summed E-state index contributed by atoms with van der Waals surface area (Å²) in [7, 11) is -3.72. The highest BCUT2D eigenvalue weighted by molar-refractivity contribution is 7.92. The average Bonchev–Trinajstić information content (AvgIpc) is 2.75. The minimum absolute atomic E-state index is 0.159. The van der Waals surface area contributed by atoms with Crippen LogP contribution in [0.5, 0.6) is 0 Å². The van der Waals surface area contributed by atoms with Crippen LogP contribution in [0.3, 0.4) is 0 Å². The van der Waals surface area contributed by atoms with Crippen LogP contribution in [0.2, 0.25) is 0 Å². The van der Waals surface area contributed by atoms with Gasteiger partial charge in [0.25, 0.3) is 15.9 Å². The van der Waals surface area contributed by atoms with E-state index in [-0.39, 0.29) is 17.4 Å². The van der Waals surface area contributed by atoms with Gasteiger partial charge in [-0.25, -0.2) is 13.2 Å². The van der Waals surface area contributed by atoms with Crippen molar-refractivity contribution in [1.82, 2.24) is 0 Å². The van der Waals surface area contributed by atoms with Gasteiger partial charge in [-0.2, -0.15) is 0 Å². The summed E-state index contributed by atoms with van der Waals surface area (Å²) in [5.41, 5.74) is 3.35. The first-order chi connectivity index (χ1) is 15.2. The van der Waals surface area contributed by atoms with E-state index in [0.717, 1.165) is 5.56 Å². The zero-order valence-corrected chi connectivity index (χ0v) is 18.8. The summed E-state index contributed by atoms with van der Waals surface area (Å²) in [4.78, 5) is 24.6. The molecule has 32 heavy (non-hydrogen) atoms. The molecule has 0 atom stereocenters. The highest BCUT2D eigenvalue weighted by atomic mass is 32.2. The lowest BCUT2D eigenvalue weighted by atomic mass is 10.1. The number of hydrogen-bond acceptors (Lipinski definition) is 5. The lowest BCUT2D eigenvalue weighted by Crippen LogP contribution is -2.15. The lowest BCUT2D eigenvalue weighted by molar-refractivity contribution is 0.0526. The molecule has 0 radical (unpaired) electrons. The number of nitrogens with one attached hydrogen (secondary N) is 2. The summed E-state index contributed by atoms with van der Waals surface area (Å²) in [5.74, 6) is -0.776. The van der Waals surface area contributed by atoms with Crippen LogP contribution in [-0.4, -0.2) is 26.9 Å². The largest absolute Gasteiger partial charge is 0.462 e. The molecule has 0 spiro atoms. The monoisotopic (exact) mass is 452 g/mol. The number of sulfonamides is 1. The smallest absolute Gasteiger partial charge is 0.338 e. The molecule has 7 nitrogen and oxygen atoms in total. The molecule has 0 bridgehead atoms. The summed E-state index contributed by atoms with van der Waals surface area (Å²) in [5, 5.41) is 2.79. The van der Waals surface area contributed by atoms with Crippen LogP contribution >= 0.6 is 0 Å². The van der Waals surface area contributed by atoms with E-state index in [4.69, 9.17) is 4.74 Å². The van der Waals surface area contributed by atoms with Crippen LogP contribution in [0.4, 0.5) is 11.4 Å². The highest BCUT2D eigenvalue weighted by Gasteiger charge is 2.15. The third-order valence-corrected chi connectivity index (χ3v) is 6.11. The van der Waals surface area contributed by atoms with Gasteiger partial charge in [0.05, 0.1) is 17.1 Å². The van der Waals surface area contributed by atoms with Crippen LogP contribution in [-0.2, 0) is 14.8 Å². The van der Waals surface area contributed by atoms with E-state index in [1.54, 1.807) is 44.2 Å². The van der Waals surface area contributed by atoms with E-state index in [2.05, 4.69) is 10.0 Å². The molecule has 0 saturated carbocycles. The topological polar surface area (TPSA) is 102 Å². The molecule has 0 heterocycles. The van der Waals surface area contributed by atoms with Crippen LogP contribution in [0, 0.1) is 13.8 Å². The first-order valence-electron chi connectivity index (χ1n) is 9.98. The van der Waals surface area contributed by atoms with Gasteiger partial charge in [-0.3, -0.25) is 9.52 Å². The molecule has 8 heteroatoms. The number of ether oxygens (including phenoxy) is 1. The number of carbonyl (C=O) groups is 2. The van der Waals surface area contributed by atoms with Gasteiger partial charge in [0.1, 0.15) is 0 Å². The molecule has 166 valence electrons. The summed E-state index contributed by atoms with van der Waals surface area (Å²) in [6.45, 7) is 5.68. The Balaban J connectivity index is 1.69. The second kappa shape index (κ2) is 9.65. The van der Waals surface area contributed by atoms with Gasteiger partial charge >= 0.3 is 5.97 Å². The second-order valence-corrected chi connectivity index (χ2v) is 8.88. The number of carbonyl (C=O) groups excluding carboxylic acids is 2. The fourth-order valence-corrected chi connectivity index (χ4v) is 4.02. The first kappa shape index (κ1) is 23.0. The van der Waals surface area contributed by atoms with Crippen LogP contribution in [0.1, 0.15) is 38.8 Å². The number of amides is 1. The lowest BCUT2D eigenvalue weighted by Gasteiger charge is -2.11. The number of aryl methyl sites for hydroxylation is 2. The zero-order valence-electron chi connectivity index (χ0n) is 18.0. The maximum absolute atomic E-state index is 12.6. The van der Waals surface area contributed by atoms with E-state index < -0.39 is 16.0 Å². The molecule has 0 fully saturated rings. The Morgan fingerprint density at radius 3 is 2.09 bits per heavy atom. The third-order valence-electron chi connectivity index (χ3n) is 4.72. The van der Waals surface area contributed by atoms with Crippen molar-refractivity contribution in [2.75, 3.05) is 16.6 Å². The minimum atomic E-state index is -3.72. The Kier molecular flexibility index (Phi) is 6.95. The van der Waals surface area contributed by atoms with Crippen molar-refractivity contribution in [1.29, 1.82) is 0 Å². The predicted molar refractivity (Wildman–Crippen MR) is 124 cm³/mol. The predicted octanol–water partition coefficient (Wildman–Crippen LogP) is 4.53. The minimum Gasteiger partial charge on any atom is -0.462 e. The molecule has 0 aliphatic carbocycles. The van der Waals surface area contributed by atoms with E-state index in [0.29, 0.717) is 28.1 Å². The summed E-state index contributed by atoms with van der Waals surface area (Å²) in [6, 6.07) is 17.5. The van der Waals surface area contributed by atoms with E-state index in [1.807, 2.05) is 6.92 Å². The molecule has 0 aliphatic heterocycles. The van der Waals surface area contributed by atoms with Crippen molar-refractivity contribution in [2.24, 2.45) is 0 Å². The molecular formula is C24H24N2O5S. The Morgan fingerprint density at radius 2 is 1.50 bits per heavy atom. The van der Waals surface area contributed by atoms with Gasteiger partial charge < -0.3 is 10.1 Å². The van der Waals surface area contributed by atoms with Gasteiger partial charge in [0.15, 0.2) is 0 Å². The molecule has 3 aromatic carbocycles. The Bertz CT molecular complexity index is 1230. The number of esters is 1. The van der Waals surface area contributed by atoms with Crippen LogP contribution in [0.25, 0.3) is 0 Å². The van der Waals surface area contributed by atoms with E-state index >= 15 is 0 Å².